The van der Waals surface area contributed by atoms with Gasteiger partial charge in [0.25, 0.3) is 0 Å². The largest absolute Gasteiger partial charge is 0.467 e. The van der Waals surface area contributed by atoms with E-state index in [1.807, 2.05) is 0 Å². The summed E-state index contributed by atoms with van der Waals surface area (Å²) in [6, 6.07) is 5.11. The summed E-state index contributed by atoms with van der Waals surface area (Å²) in [6.07, 6.45) is -3.58. The smallest absolute Gasteiger partial charge is 0.337 e. The van der Waals surface area contributed by atoms with Gasteiger partial charge in [0.15, 0.2) is 6.10 Å². The average molecular weight is 239 g/mol. The van der Waals surface area contributed by atoms with Crippen LogP contribution in [-0.2, 0) is 9.53 Å². The van der Waals surface area contributed by atoms with Crippen LogP contribution in [0, 0.1) is 17.1 Å². The summed E-state index contributed by atoms with van der Waals surface area (Å²) in [5.41, 5.74) is -0.576. The first kappa shape index (κ1) is 13.1. The van der Waals surface area contributed by atoms with Gasteiger partial charge in [0.05, 0.1) is 12.7 Å². The summed E-state index contributed by atoms with van der Waals surface area (Å²) < 4.78 is 17.5. The molecule has 2 atom stereocenters. The fraction of sp³-hybridized carbons (Fsp3) is 0.273. The molecule has 0 spiro atoms. The van der Waals surface area contributed by atoms with Gasteiger partial charge in [-0.05, 0) is 6.07 Å². The number of benzene rings is 1. The van der Waals surface area contributed by atoms with E-state index in [1.165, 1.54) is 12.1 Å². The predicted molar refractivity (Wildman–Crippen MR) is 54.1 cm³/mol. The average Bonchev–Trinajstić information content (AvgIpc) is 2.35. The van der Waals surface area contributed by atoms with Crippen molar-refractivity contribution in [3.05, 3.63) is 35.1 Å². The molecule has 2 unspecified atom stereocenters. The number of hydrogen-bond acceptors (Lipinski definition) is 5. The molecule has 0 aliphatic heterocycles. The molecule has 1 rings (SSSR count). The highest BCUT2D eigenvalue weighted by Gasteiger charge is 2.29. The first-order chi connectivity index (χ1) is 8.02. The molecule has 0 aliphatic rings. The fourth-order valence-electron chi connectivity index (χ4n) is 1.32. The maximum atomic E-state index is 13.2. The Morgan fingerprint density at radius 2 is 2.18 bits per heavy atom. The molecule has 0 fully saturated rings. The van der Waals surface area contributed by atoms with Crippen LogP contribution in [0.1, 0.15) is 17.2 Å². The lowest BCUT2D eigenvalue weighted by atomic mass is 9.99. The number of aliphatic hydroxyl groups excluding tert-OH is 2. The zero-order valence-electron chi connectivity index (χ0n) is 8.92. The third-order valence-corrected chi connectivity index (χ3v) is 2.22. The van der Waals surface area contributed by atoms with Crippen molar-refractivity contribution in [3.63, 3.8) is 0 Å². The molecular formula is C11H10FNO4. The highest BCUT2D eigenvalue weighted by atomic mass is 19.1. The number of nitrogens with zero attached hydrogens (tertiary/aromatic N) is 1. The van der Waals surface area contributed by atoms with Gasteiger partial charge in [0.2, 0.25) is 0 Å². The monoisotopic (exact) mass is 239 g/mol. The van der Waals surface area contributed by atoms with Crippen LogP contribution in [0.25, 0.3) is 0 Å². The second kappa shape index (κ2) is 5.39. The maximum absolute atomic E-state index is 13.2. The van der Waals surface area contributed by atoms with Crippen molar-refractivity contribution in [1.29, 1.82) is 5.26 Å². The molecule has 5 nitrogen and oxygen atoms in total. The molecule has 0 aromatic heterocycles. The lowest BCUT2D eigenvalue weighted by Crippen LogP contribution is -2.29. The molecule has 90 valence electrons. The van der Waals surface area contributed by atoms with E-state index in [0.29, 0.717) is 0 Å². The molecule has 6 heteroatoms. The number of ether oxygens (including phenoxy) is 1. The van der Waals surface area contributed by atoms with E-state index in [9.17, 15) is 19.4 Å². The Hall–Kier alpha value is -1.97. The van der Waals surface area contributed by atoms with Gasteiger partial charge in [-0.3, -0.25) is 0 Å². The third-order valence-electron chi connectivity index (χ3n) is 2.22. The Bertz CT molecular complexity index is 469. The van der Waals surface area contributed by atoms with Gasteiger partial charge in [-0.2, -0.15) is 5.26 Å². The zero-order chi connectivity index (χ0) is 13.0. The lowest BCUT2D eigenvalue weighted by molar-refractivity contribution is -0.156. The number of carbonyl (C=O) groups is 1. The van der Waals surface area contributed by atoms with Crippen LogP contribution >= 0.6 is 0 Å². The van der Waals surface area contributed by atoms with E-state index in [2.05, 4.69) is 4.74 Å². The van der Waals surface area contributed by atoms with Crippen LogP contribution in [-0.4, -0.2) is 29.4 Å². The minimum Gasteiger partial charge on any atom is -0.467 e. The Kier molecular flexibility index (Phi) is 4.15. The molecule has 0 aliphatic carbocycles. The fourth-order valence-corrected chi connectivity index (χ4v) is 1.32. The summed E-state index contributed by atoms with van der Waals surface area (Å²) in [5.74, 6) is -1.90. The second-order valence-corrected chi connectivity index (χ2v) is 3.23. The van der Waals surface area contributed by atoms with Gasteiger partial charge in [-0.15, -0.1) is 0 Å². The maximum Gasteiger partial charge on any atom is 0.337 e. The van der Waals surface area contributed by atoms with Gasteiger partial charge in [0, 0.05) is 5.56 Å². The van der Waals surface area contributed by atoms with Crippen molar-refractivity contribution in [2.45, 2.75) is 12.2 Å². The normalized spacial score (nSPS) is 13.6. The van der Waals surface area contributed by atoms with E-state index in [1.54, 1.807) is 6.07 Å². The molecule has 17 heavy (non-hydrogen) atoms. The number of halogens is 1. The highest BCUT2D eigenvalue weighted by Crippen LogP contribution is 2.23. The highest BCUT2D eigenvalue weighted by molar-refractivity contribution is 5.75. The molecule has 0 bridgehead atoms. The van der Waals surface area contributed by atoms with Crippen molar-refractivity contribution >= 4 is 5.97 Å². The van der Waals surface area contributed by atoms with E-state index < -0.39 is 29.6 Å². The Morgan fingerprint density at radius 1 is 1.53 bits per heavy atom. The number of hydrogen-bond donors (Lipinski definition) is 2. The third kappa shape index (κ3) is 2.58. The van der Waals surface area contributed by atoms with Crippen LogP contribution in [0.3, 0.4) is 0 Å². The minimum absolute atomic E-state index is 0.162. The number of carbonyl (C=O) groups excluding carboxylic acids is 1. The lowest BCUT2D eigenvalue weighted by Gasteiger charge is -2.17. The predicted octanol–water partition coefficient (Wildman–Crippen LogP) is 0.265. The van der Waals surface area contributed by atoms with E-state index in [-0.39, 0.29) is 5.56 Å². The van der Waals surface area contributed by atoms with Crippen molar-refractivity contribution in [2.75, 3.05) is 7.11 Å². The van der Waals surface area contributed by atoms with Crippen LogP contribution in [0.2, 0.25) is 0 Å². The van der Waals surface area contributed by atoms with Gasteiger partial charge in [-0.1, -0.05) is 12.1 Å². The van der Waals surface area contributed by atoms with Crippen molar-refractivity contribution in [3.8, 4) is 6.07 Å². The summed E-state index contributed by atoms with van der Waals surface area (Å²) >= 11 is 0. The topological polar surface area (TPSA) is 90.6 Å². The van der Waals surface area contributed by atoms with Crippen LogP contribution in [0.15, 0.2) is 18.2 Å². The number of esters is 1. The zero-order valence-corrected chi connectivity index (χ0v) is 8.92. The van der Waals surface area contributed by atoms with Crippen molar-refractivity contribution in [2.24, 2.45) is 0 Å². The van der Waals surface area contributed by atoms with E-state index >= 15 is 0 Å². The molecule has 0 heterocycles. The van der Waals surface area contributed by atoms with Gasteiger partial charge in [0.1, 0.15) is 18.0 Å². The van der Waals surface area contributed by atoms with Crippen molar-refractivity contribution in [1.82, 2.24) is 0 Å². The van der Waals surface area contributed by atoms with Gasteiger partial charge in [-0.25, -0.2) is 9.18 Å². The molecule has 0 radical (unpaired) electrons. The number of rotatable bonds is 3. The standard InChI is InChI=1S/C11H10FNO4/c1-17-11(16)10(15)9(14)6-3-2-4-8(12)7(6)5-13/h2-4,9-10,14-15H,1H3. The summed E-state index contributed by atoms with van der Waals surface area (Å²) in [5, 5.41) is 27.8. The second-order valence-electron chi connectivity index (χ2n) is 3.23. The molecule has 0 saturated heterocycles. The van der Waals surface area contributed by atoms with Crippen LogP contribution < -0.4 is 0 Å². The van der Waals surface area contributed by atoms with E-state index in [4.69, 9.17) is 5.26 Å². The number of methoxy groups -OCH3 is 1. The van der Waals surface area contributed by atoms with Gasteiger partial charge >= 0.3 is 5.97 Å². The molecular weight excluding hydrogens is 229 g/mol. The molecule has 1 aromatic carbocycles. The Labute approximate surface area is 96.7 Å². The minimum atomic E-state index is -1.87. The number of aliphatic hydroxyl groups is 2. The summed E-state index contributed by atoms with van der Waals surface area (Å²) in [7, 11) is 1.04. The Morgan fingerprint density at radius 3 is 2.71 bits per heavy atom. The summed E-state index contributed by atoms with van der Waals surface area (Å²) in [6.45, 7) is 0. The first-order valence-corrected chi connectivity index (χ1v) is 4.65. The van der Waals surface area contributed by atoms with Crippen LogP contribution in [0.4, 0.5) is 4.39 Å². The molecule has 2 N–H and O–H groups in total. The molecule has 0 amide bonds. The Balaban J connectivity index is 3.13. The van der Waals surface area contributed by atoms with Gasteiger partial charge < -0.3 is 14.9 Å². The first-order valence-electron chi connectivity index (χ1n) is 4.65. The van der Waals surface area contributed by atoms with Crippen LogP contribution in [0.5, 0.6) is 0 Å². The number of nitriles is 1. The summed E-state index contributed by atoms with van der Waals surface area (Å²) in [4.78, 5) is 11.0. The van der Waals surface area contributed by atoms with E-state index in [0.717, 1.165) is 13.2 Å². The molecule has 0 saturated carbocycles. The van der Waals surface area contributed by atoms with Crippen molar-refractivity contribution < 1.29 is 24.1 Å². The SMILES string of the molecule is COC(=O)C(O)C(O)c1cccc(F)c1C#N. The quantitative estimate of drug-likeness (QED) is 0.738. The molecule has 1 aromatic rings.